The van der Waals surface area contributed by atoms with Crippen LogP contribution in [-0.4, -0.2) is 23.8 Å². The third-order valence-corrected chi connectivity index (χ3v) is 3.86. The molecule has 4 nitrogen and oxygen atoms in total. The van der Waals surface area contributed by atoms with Crippen molar-refractivity contribution in [2.75, 3.05) is 0 Å². The van der Waals surface area contributed by atoms with E-state index in [4.69, 9.17) is 5.73 Å². The van der Waals surface area contributed by atoms with Crippen LogP contribution < -0.4 is 5.32 Å². The van der Waals surface area contributed by atoms with E-state index in [0.717, 1.165) is 17.5 Å². The van der Waals surface area contributed by atoms with Crippen LogP contribution in [0.1, 0.15) is 38.3 Å². The second-order valence-corrected chi connectivity index (χ2v) is 5.72. The molecule has 0 aliphatic carbocycles. The molecule has 0 bridgehead atoms. The number of benzene rings is 1. The van der Waals surface area contributed by atoms with Gasteiger partial charge in [-0.3, -0.25) is 9.59 Å². The molecule has 0 aromatic heterocycles. The summed E-state index contributed by atoms with van der Waals surface area (Å²) < 4.78 is 0. The molecule has 0 aliphatic heterocycles. The number of hydrogen-bond acceptors (Lipinski definition) is 2. The summed E-state index contributed by atoms with van der Waals surface area (Å²) in [5, 5.41) is 2.72. The minimum absolute atomic E-state index is 0. The Morgan fingerprint density at radius 2 is 1.77 bits per heavy atom. The van der Waals surface area contributed by atoms with Gasteiger partial charge in [0, 0.05) is 44.1 Å². The Kier molecular flexibility index (Phi) is 10.4. The number of nitrogens with one attached hydrogen (secondary N) is 2. The average molecular weight is 516 g/mol. The van der Waals surface area contributed by atoms with E-state index < -0.39 is 12.1 Å². The molecule has 1 unspecified atom stereocenters. The summed E-state index contributed by atoms with van der Waals surface area (Å²) in [6.07, 6.45) is 1.23. The number of amides is 1. The topological polar surface area (TPSA) is 70.0 Å². The summed E-state index contributed by atoms with van der Waals surface area (Å²) in [6.45, 7) is 7.31. The zero-order valence-electron chi connectivity index (χ0n) is 13.8. The minimum atomic E-state index is -0.824. The Hall–Kier alpha value is -0.238. The fourth-order valence-electron chi connectivity index (χ4n) is 2.01. The molecule has 0 heterocycles. The number of rotatable bonds is 7. The SMILES string of the molecule is CC[C@@H](C)[C@H]([NH-])C(=O)NC(Cc1ccc(C)cc1)C(C)=O.[Ac]. The number of hydrogen-bond donors (Lipinski definition) is 1. The van der Waals surface area contributed by atoms with Gasteiger partial charge >= 0.3 is 0 Å². The summed E-state index contributed by atoms with van der Waals surface area (Å²) in [4.78, 5) is 23.8. The molecular formula is C17H25AcN2O2-. The first-order valence-corrected chi connectivity index (χ1v) is 7.42. The molecule has 3 atom stereocenters. The number of aryl methyl sites for hydroxylation is 1. The summed E-state index contributed by atoms with van der Waals surface area (Å²) in [5.41, 5.74) is 10.1. The number of ketones is 1. The van der Waals surface area contributed by atoms with Crippen LogP contribution in [0.5, 0.6) is 0 Å². The van der Waals surface area contributed by atoms with Gasteiger partial charge in [0.1, 0.15) is 0 Å². The van der Waals surface area contributed by atoms with Crippen molar-refractivity contribution < 1.29 is 53.7 Å². The molecule has 1 aromatic carbocycles. The first kappa shape index (κ1) is 21.8. The van der Waals surface area contributed by atoms with Gasteiger partial charge in [-0.05, 0) is 25.8 Å². The maximum absolute atomic E-state index is 12.1. The number of Topliss-reactive ketones (excluding diaryl/α,β-unsaturated/α-hetero) is 1. The van der Waals surface area contributed by atoms with Gasteiger partial charge in [0.15, 0.2) is 5.78 Å². The van der Waals surface area contributed by atoms with Crippen molar-refractivity contribution >= 4 is 11.7 Å². The van der Waals surface area contributed by atoms with Crippen LogP contribution in [0, 0.1) is 56.9 Å². The largest absolute Gasteiger partial charge is 0.667 e. The Morgan fingerprint density at radius 3 is 2.23 bits per heavy atom. The van der Waals surface area contributed by atoms with E-state index in [1.54, 1.807) is 0 Å². The van der Waals surface area contributed by atoms with Crippen molar-refractivity contribution in [3.05, 3.63) is 41.1 Å². The van der Waals surface area contributed by atoms with E-state index in [1.807, 2.05) is 45.0 Å². The molecule has 119 valence electrons. The Labute approximate surface area is 169 Å². The minimum Gasteiger partial charge on any atom is -0.667 e. The molecule has 5 heteroatoms. The van der Waals surface area contributed by atoms with Crippen molar-refractivity contribution in [3.63, 3.8) is 0 Å². The fraction of sp³-hybridized carbons (Fsp3) is 0.529. The quantitative estimate of drug-likeness (QED) is 0.606. The summed E-state index contributed by atoms with van der Waals surface area (Å²) in [6, 6.07) is 6.52. The maximum Gasteiger partial charge on any atom is 0.203 e. The zero-order chi connectivity index (χ0) is 16.0. The predicted molar refractivity (Wildman–Crippen MR) is 85.1 cm³/mol. The van der Waals surface area contributed by atoms with Gasteiger partial charge in [0.2, 0.25) is 5.91 Å². The molecule has 22 heavy (non-hydrogen) atoms. The maximum atomic E-state index is 12.1. The second-order valence-electron chi connectivity index (χ2n) is 5.72. The number of carbonyl (C=O) groups excluding carboxylic acids is 2. The zero-order valence-corrected chi connectivity index (χ0v) is 18.6. The van der Waals surface area contributed by atoms with E-state index in [-0.39, 0.29) is 61.7 Å². The van der Waals surface area contributed by atoms with Crippen LogP contribution in [0.3, 0.4) is 0 Å². The van der Waals surface area contributed by atoms with Gasteiger partial charge < -0.3 is 11.1 Å². The predicted octanol–water partition coefficient (Wildman–Crippen LogP) is 3.08. The van der Waals surface area contributed by atoms with Crippen LogP contribution in [-0.2, 0) is 16.0 Å². The van der Waals surface area contributed by atoms with E-state index in [2.05, 4.69) is 5.32 Å². The first-order chi connectivity index (χ1) is 9.85. The van der Waals surface area contributed by atoms with Crippen LogP contribution in [0.25, 0.3) is 5.73 Å². The second kappa shape index (κ2) is 10.5. The van der Waals surface area contributed by atoms with Crippen LogP contribution in [0.15, 0.2) is 24.3 Å². The van der Waals surface area contributed by atoms with Gasteiger partial charge in [0.05, 0.1) is 6.04 Å². The van der Waals surface area contributed by atoms with E-state index in [1.165, 1.54) is 6.92 Å². The molecule has 0 saturated heterocycles. The van der Waals surface area contributed by atoms with Crippen LogP contribution >= 0.6 is 0 Å². The molecule has 2 N–H and O–H groups in total. The third kappa shape index (κ3) is 6.90. The molecule has 0 saturated carbocycles. The van der Waals surface area contributed by atoms with Gasteiger partial charge in [-0.25, -0.2) is 0 Å². The standard InChI is InChI=1S/C17H25N2O2.Ac/c1-5-12(3)16(18)17(21)19-15(13(4)20)10-14-8-6-11(2)7-9-14;/h6-9,12,15-16,18H,5,10H2,1-4H3,(H,19,21);/q-1;/t12-,15?,16+;/m1./s1. The average Bonchev–Trinajstić information content (AvgIpc) is 2.46. The van der Waals surface area contributed by atoms with Crippen molar-refractivity contribution in [2.24, 2.45) is 5.92 Å². The molecule has 1 radical (unpaired) electrons. The summed E-state index contributed by atoms with van der Waals surface area (Å²) in [7, 11) is 0. The van der Waals surface area contributed by atoms with Gasteiger partial charge in [0.25, 0.3) is 0 Å². The summed E-state index contributed by atoms with van der Waals surface area (Å²) in [5.74, 6) is -0.464. The molecule has 0 aliphatic rings. The van der Waals surface area contributed by atoms with Crippen molar-refractivity contribution in [2.45, 2.75) is 52.6 Å². The molecule has 1 amide bonds. The summed E-state index contributed by atoms with van der Waals surface area (Å²) >= 11 is 0. The van der Waals surface area contributed by atoms with Gasteiger partial charge in [-0.2, -0.15) is 0 Å². The van der Waals surface area contributed by atoms with E-state index in [9.17, 15) is 9.59 Å². The van der Waals surface area contributed by atoms with Crippen LogP contribution in [0.4, 0.5) is 0 Å². The normalized spacial score (nSPS) is 14.4. The molecule has 1 rings (SSSR count). The molecule has 0 fully saturated rings. The fourth-order valence-corrected chi connectivity index (χ4v) is 2.01. The Balaban J connectivity index is 0.00000441. The smallest absolute Gasteiger partial charge is 0.203 e. The monoisotopic (exact) mass is 516 g/mol. The third-order valence-electron chi connectivity index (χ3n) is 3.86. The van der Waals surface area contributed by atoms with Gasteiger partial charge in [-0.15, -0.1) is 0 Å². The first-order valence-electron chi connectivity index (χ1n) is 7.42. The van der Waals surface area contributed by atoms with Crippen molar-refractivity contribution in [1.29, 1.82) is 0 Å². The molecule has 0 spiro atoms. The van der Waals surface area contributed by atoms with Gasteiger partial charge in [-0.1, -0.05) is 62.1 Å². The van der Waals surface area contributed by atoms with Crippen molar-refractivity contribution in [3.8, 4) is 0 Å². The van der Waals surface area contributed by atoms with E-state index >= 15 is 0 Å². The van der Waals surface area contributed by atoms with Crippen LogP contribution in [0.2, 0.25) is 0 Å². The van der Waals surface area contributed by atoms with Crippen molar-refractivity contribution in [1.82, 2.24) is 5.32 Å². The van der Waals surface area contributed by atoms with E-state index in [0.29, 0.717) is 6.42 Å². The molecular weight excluding hydrogens is 491 g/mol. The Bertz CT molecular complexity index is 488. The molecule has 1 aromatic rings. The number of carbonyl (C=O) groups is 2. The Morgan fingerprint density at radius 1 is 1.23 bits per heavy atom.